The summed E-state index contributed by atoms with van der Waals surface area (Å²) < 4.78 is 34.2. The molecule has 2 aliphatic rings. The third kappa shape index (κ3) is 6.85. The first-order valence-electron chi connectivity index (χ1n) is 15.5. The van der Waals surface area contributed by atoms with Crippen molar-refractivity contribution in [2.45, 2.75) is 57.9 Å². The summed E-state index contributed by atoms with van der Waals surface area (Å²) in [4.78, 5) is 43.3. The monoisotopic (exact) mass is 619 g/mol. The molecule has 1 aliphatic heterocycles. The van der Waals surface area contributed by atoms with E-state index in [1.165, 1.54) is 6.07 Å². The van der Waals surface area contributed by atoms with Gasteiger partial charge in [0, 0.05) is 56.5 Å². The maximum absolute atomic E-state index is 13.8. The molecular weight excluding hydrogens is 580 g/mol. The molecule has 2 fully saturated rings. The quantitative estimate of drug-likeness (QED) is 0.278. The summed E-state index contributed by atoms with van der Waals surface area (Å²) in [6, 6.07) is 9.38. The first-order chi connectivity index (χ1) is 21.6. The Kier molecular flexibility index (Phi) is 8.59. The lowest BCUT2D eigenvalue weighted by Crippen LogP contribution is -2.44. The Morgan fingerprint density at radius 2 is 1.84 bits per heavy atom. The minimum Gasteiger partial charge on any atom is -0.487 e. The Morgan fingerprint density at radius 3 is 2.53 bits per heavy atom. The summed E-state index contributed by atoms with van der Waals surface area (Å²) in [5.74, 6) is -2.27. The van der Waals surface area contributed by atoms with Gasteiger partial charge in [0.1, 0.15) is 23.6 Å². The van der Waals surface area contributed by atoms with Crippen molar-refractivity contribution in [2.24, 2.45) is 0 Å². The van der Waals surface area contributed by atoms with Crippen LogP contribution in [0.25, 0.3) is 16.6 Å². The molecule has 0 atom stereocenters. The molecule has 1 amide bonds. The molecule has 0 unspecified atom stereocenters. The summed E-state index contributed by atoms with van der Waals surface area (Å²) in [7, 11) is 2.12. The third-order valence-corrected chi connectivity index (χ3v) is 8.70. The van der Waals surface area contributed by atoms with E-state index in [4.69, 9.17) is 14.7 Å². The van der Waals surface area contributed by atoms with Crippen LogP contribution in [0.1, 0.15) is 66.0 Å². The van der Waals surface area contributed by atoms with Gasteiger partial charge in [-0.3, -0.25) is 14.0 Å². The highest BCUT2D eigenvalue weighted by atomic mass is 19.3. The smallest absolute Gasteiger partial charge is 0.278 e. The van der Waals surface area contributed by atoms with Gasteiger partial charge in [-0.25, -0.2) is 18.7 Å². The Labute approximate surface area is 260 Å². The zero-order valence-electron chi connectivity index (χ0n) is 25.9. The van der Waals surface area contributed by atoms with Gasteiger partial charge in [-0.1, -0.05) is 12.8 Å². The van der Waals surface area contributed by atoms with Crippen LogP contribution in [0.4, 0.5) is 14.6 Å². The second-order valence-corrected chi connectivity index (χ2v) is 12.4. The molecule has 10 nitrogen and oxygen atoms in total. The van der Waals surface area contributed by atoms with Gasteiger partial charge < -0.3 is 24.8 Å². The van der Waals surface area contributed by atoms with Crippen LogP contribution in [0.3, 0.4) is 0 Å². The number of anilines is 1. The van der Waals surface area contributed by atoms with Crippen LogP contribution in [0.15, 0.2) is 47.7 Å². The van der Waals surface area contributed by atoms with Crippen LogP contribution in [0, 0.1) is 6.92 Å². The number of hydrogen-bond acceptors (Lipinski definition) is 7. The van der Waals surface area contributed by atoms with Gasteiger partial charge in [0.15, 0.2) is 6.61 Å². The molecule has 4 aromatic rings. The number of ether oxygens (including phenoxy) is 1. The van der Waals surface area contributed by atoms with E-state index in [1.54, 1.807) is 23.7 Å². The molecule has 45 heavy (non-hydrogen) atoms. The van der Waals surface area contributed by atoms with Gasteiger partial charge in [0.25, 0.3) is 17.4 Å². The molecule has 0 spiro atoms. The number of aromatic nitrogens is 4. The van der Waals surface area contributed by atoms with E-state index in [0.29, 0.717) is 17.3 Å². The number of aromatic amines is 1. The average molecular weight is 620 g/mol. The number of pyridine rings is 3. The van der Waals surface area contributed by atoms with Gasteiger partial charge >= 0.3 is 0 Å². The van der Waals surface area contributed by atoms with E-state index < -0.39 is 24.0 Å². The molecule has 0 aromatic carbocycles. The molecule has 6 rings (SSSR count). The number of hydrogen-bond donors (Lipinski definition) is 2. The zero-order chi connectivity index (χ0) is 31.7. The van der Waals surface area contributed by atoms with Crippen molar-refractivity contribution in [3.63, 3.8) is 0 Å². The number of carbonyl (C=O) groups excluding carboxylic acids is 1. The van der Waals surface area contributed by atoms with Crippen molar-refractivity contribution >= 4 is 17.2 Å². The van der Waals surface area contributed by atoms with Crippen molar-refractivity contribution < 1.29 is 18.3 Å². The number of amides is 1. The van der Waals surface area contributed by atoms with E-state index in [1.807, 2.05) is 18.3 Å². The van der Waals surface area contributed by atoms with Gasteiger partial charge in [-0.2, -0.15) is 0 Å². The van der Waals surface area contributed by atoms with E-state index in [0.717, 1.165) is 86.9 Å². The van der Waals surface area contributed by atoms with Crippen LogP contribution in [-0.4, -0.2) is 75.9 Å². The van der Waals surface area contributed by atoms with Crippen molar-refractivity contribution in [2.75, 3.05) is 44.7 Å². The topological polar surface area (TPSA) is 108 Å². The number of alkyl halides is 2. The maximum Gasteiger partial charge on any atom is 0.278 e. The molecule has 12 heteroatoms. The predicted molar refractivity (Wildman–Crippen MR) is 168 cm³/mol. The summed E-state index contributed by atoms with van der Waals surface area (Å²) >= 11 is 0. The summed E-state index contributed by atoms with van der Waals surface area (Å²) in [6.45, 7) is 5.07. The van der Waals surface area contributed by atoms with Gasteiger partial charge in [0.2, 0.25) is 0 Å². The molecule has 238 valence electrons. The molecule has 5 heterocycles. The summed E-state index contributed by atoms with van der Waals surface area (Å²) in [6.07, 6.45) is 7.91. The average Bonchev–Trinajstić information content (AvgIpc) is 3.69. The molecule has 0 radical (unpaired) electrons. The van der Waals surface area contributed by atoms with Crippen LogP contribution < -0.4 is 20.5 Å². The van der Waals surface area contributed by atoms with Gasteiger partial charge in [-0.15, -0.1) is 0 Å². The Bertz CT molecular complexity index is 1730. The zero-order valence-corrected chi connectivity index (χ0v) is 25.9. The van der Waals surface area contributed by atoms with Crippen molar-refractivity contribution in [3.8, 4) is 16.9 Å². The molecule has 1 aliphatic carbocycles. The second-order valence-electron chi connectivity index (χ2n) is 12.4. The van der Waals surface area contributed by atoms with E-state index in [-0.39, 0.29) is 17.9 Å². The number of piperazine rings is 1. The van der Waals surface area contributed by atoms with Crippen LogP contribution in [0.5, 0.6) is 5.75 Å². The molecule has 0 bridgehead atoms. The van der Waals surface area contributed by atoms with E-state index >= 15 is 0 Å². The second kappa shape index (κ2) is 12.6. The lowest BCUT2D eigenvalue weighted by Gasteiger charge is -2.33. The van der Waals surface area contributed by atoms with E-state index in [2.05, 4.69) is 33.2 Å². The highest BCUT2D eigenvalue weighted by molar-refractivity contribution is 5.95. The minimum absolute atomic E-state index is 0.00892. The number of fused-ring (bicyclic) bond motifs is 1. The first kappa shape index (κ1) is 30.7. The fourth-order valence-electron chi connectivity index (χ4n) is 6.19. The van der Waals surface area contributed by atoms with Crippen molar-refractivity contribution in [1.29, 1.82) is 0 Å². The van der Waals surface area contributed by atoms with Gasteiger partial charge in [-0.05, 0) is 62.7 Å². The Morgan fingerprint density at radius 1 is 1.09 bits per heavy atom. The highest BCUT2D eigenvalue weighted by Gasteiger charge is 2.26. The third-order valence-electron chi connectivity index (χ3n) is 8.70. The number of halogens is 2. The van der Waals surface area contributed by atoms with E-state index in [9.17, 15) is 18.4 Å². The lowest BCUT2D eigenvalue weighted by molar-refractivity contribution is -0.0233. The SMILES string of the molecule is Cc1cc(OCC(C)(F)F)c(CNC(=O)c2cc(-c3ccc(N4CCN(C)CC4)nc3)cc3c(C4CCCC4)ncn23)c(=O)[nH]1. The summed E-state index contributed by atoms with van der Waals surface area (Å²) in [5, 5.41) is 2.82. The predicted octanol–water partition coefficient (Wildman–Crippen LogP) is 4.77. The van der Waals surface area contributed by atoms with Crippen LogP contribution in [0.2, 0.25) is 0 Å². The number of nitrogens with zero attached hydrogens (tertiary/aromatic N) is 5. The maximum atomic E-state index is 13.8. The minimum atomic E-state index is -3.08. The van der Waals surface area contributed by atoms with Crippen LogP contribution >= 0.6 is 0 Å². The van der Waals surface area contributed by atoms with Crippen molar-refractivity contribution in [1.82, 2.24) is 29.6 Å². The number of nitrogens with one attached hydrogen (secondary N) is 2. The molecule has 2 N–H and O–H groups in total. The lowest BCUT2D eigenvalue weighted by atomic mass is 10.0. The first-order valence-corrected chi connectivity index (χ1v) is 15.5. The number of carbonyl (C=O) groups is 1. The number of imidazole rings is 1. The standard InChI is InChI=1S/C33H39F2N7O3/c1-21-14-28(45-19-33(2,34)35)25(31(43)39-21)18-37-32(44)27-16-24(15-26-30(38-20-42(26)27)22-6-4-5-7-22)23-8-9-29(36-17-23)41-12-10-40(3)11-13-41/h8-9,14-17,20,22H,4-7,10-13,18-19H2,1-3H3,(H,37,44)(H,39,43). The number of likely N-dealkylation sites (N-methyl/N-ethyl adjacent to an activating group) is 1. The number of rotatable bonds is 9. The Hall–Kier alpha value is -4.32. The molecular formula is C33H39F2N7O3. The normalized spacial score (nSPS) is 16.4. The molecule has 1 saturated heterocycles. The molecule has 1 saturated carbocycles. The Balaban J connectivity index is 1.31. The largest absolute Gasteiger partial charge is 0.487 e. The summed E-state index contributed by atoms with van der Waals surface area (Å²) in [5.41, 5.74) is 3.87. The van der Waals surface area contributed by atoms with Gasteiger partial charge in [0.05, 0.1) is 23.3 Å². The fourth-order valence-corrected chi connectivity index (χ4v) is 6.19. The van der Waals surface area contributed by atoms with Crippen LogP contribution in [-0.2, 0) is 6.54 Å². The number of H-pyrrole nitrogens is 1. The highest BCUT2D eigenvalue weighted by Crippen LogP contribution is 2.37. The fraction of sp³-hybridized carbons (Fsp3) is 0.455. The van der Waals surface area contributed by atoms with Crippen molar-refractivity contribution in [3.05, 3.63) is 75.9 Å². The molecule has 4 aromatic heterocycles. The number of aryl methyl sites for hydroxylation is 1.